The van der Waals surface area contributed by atoms with E-state index >= 15 is 0 Å². The highest BCUT2D eigenvalue weighted by Gasteiger charge is 2.59. The van der Waals surface area contributed by atoms with E-state index in [1.54, 1.807) is 0 Å². The van der Waals surface area contributed by atoms with Crippen molar-refractivity contribution in [3.63, 3.8) is 0 Å². The molecule has 1 saturated carbocycles. The monoisotopic (exact) mass is 246 g/mol. The molecule has 0 amide bonds. The zero-order chi connectivity index (χ0) is 12.6. The summed E-state index contributed by atoms with van der Waals surface area (Å²) in [5.41, 5.74) is 1.33. The topological polar surface area (TPSA) is 38.8 Å². The lowest BCUT2D eigenvalue weighted by molar-refractivity contribution is -0.142. The lowest BCUT2D eigenvalue weighted by Crippen LogP contribution is -2.32. The predicted octanol–water partition coefficient (Wildman–Crippen LogP) is 2.44. The molecule has 3 nitrogen and oxygen atoms in total. The number of ether oxygens (including phenoxy) is 2. The van der Waals surface area contributed by atoms with Crippen LogP contribution in [0, 0.1) is 0 Å². The molecule has 0 radical (unpaired) electrons. The van der Waals surface area contributed by atoms with Gasteiger partial charge in [0.05, 0.1) is 7.11 Å². The first-order valence-electron chi connectivity index (χ1n) is 6.57. The van der Waals surface area contributed by atoms with Crippen LogP contribution >= 0.6 is 0 Å². The molecule has 2 unspecified atom stereocenters. The van der Waals surface area contributed by atoms with E-state index in [4.69, 9.17) is 9.47 Å². The first-order valence-corrected chi connectivity index (χ1v) is 6.57. The van der Waals surface area contributed by atoms with Gasteiger partial charge in [0, 0.05) is 5.41 Å². The van der Waals surface area contributed by atoms with Crippen molar-refractivity contribution in [2.75, 3.05) is 7.11 Å². The van der Waals surface area contributed by atoms with Gasteiger partial charge < -0.3 is 9.47 Å². The van der Waals surface area contributed by atoms with Crippen LogP contribution in [0.2, 0.25) is 0 Å². The molecule has 1 heterocycles. The first-order chi connectivity index (χ1) is 8.78. The fourth-order valence-electron chi connectivity index (χ4n) is 3.34. The second kappa shape index (κ2) is 4.39. The summed E-state index contributed by atoms with van der Waals surface area (Å²) in [6.07, 6.45) is 4.29. The summed E-state index contributed by atoms with van der Waals surface area (Å²) < 4.78 is 10.4. The number of benzene rings is 1. The zero-order valence-corrected chi connectivity index (χ0v) is 10.6. The Bertz CT molecular complexity index is 434. The third-order valence-electron chi connectivity index (χ3n) is 4.31. The highest BCUT2D eigenvalue weighted by Crippen LogP contribution is 2.51. The van der Waals surface area contributed by atoms with Crippen LogP contribution < -0.4 is 0 Å². The second-order valence-corrected chi connectivity index (χ2v) is 5.23. The van der Waals surface area contributed by atoms with Gasteiger partial charge in [-0.1, -0.05) is 43.2 Å². The molecule has 1 saturated heterocycles. The number of carbonyl (C=O) groups excluding carboxylic acids is 1. The summed E-state index contributed by atoms with van der Waals surface area (Å²) in [4.78, 5) is 11.6. The standard InChI is InChI=1S/C15H18O3/c1-17-14(16)12-13(18-12)15(9-5-6-10-15)11-7-3-2-4-8-11/h2-4,7-8,12-13H,5-6,9-10H2,1H3. The Hall–Kier alpha value is -1.35. The van der Waals surface area contributed by atoms with Crippen LogP contribution in [0.5, 0.6) is 0 Å². The summed E-state index contributed by atoms with van der Waals surface area (Å²) >= 11 is 0. The minimum Gasteiger partial charge on any atom is -0.467 e. The Balaban J connectivity index is 1.88. The summed E-state index contributed by atoms with van der Waals surface area (Å²) in [6.45, 7) is 0. The van der Waals surface area contributed by atoms with Crippen molar-refractivity contribution < 1.29 is 14.3 Å². The molecule has 0 spiro atoms. The van der Waals surface area contributed by atoms with Gasteiger partial charge in [0.15, 0.2) is 6.10 Å². The van der Waals surface area contributed by atoms with Gasteiger partial charge in [0.1, 0.15) is 6.10 Å². The number of rotatable bonds is 3. The fraction of sp³-hybridized carbons (Fsp3) is 0.533. The minimum absolute atomic E-state index is 0.00912. The van der Waals surface area contributed by atoms with Crippen LogP contribution in [-0.2, 0) is 19.7 Å². The van der Waals surface area contributed by atoms with Crippen molar-refractivity contribution in [3.05, 3.63) is 35.9 Å². The Kier molecular flexibility index (Phi) is 2.86. The smallest absolute Gasteiger partial charge is 0.337 e. The second-order valence-electron chi connectivity index (χ2n) is 5.23. The zero-order valence-electron chi connectivity index (χ0n) is 10.6. The van der Waals surface area contributed by atoms with Crippen molar-refractivity contribution in [2.24, 2.45) is 0 Å². The Morgan fingerprint density at radius 2 is 1.94 bits per heavy atom. The normalized spacial score (nSPS) is 28.9. The maximum absolute atomic E-state index is 11.6. The molecule has 96 valence electrons. The van der Waals surface area contributed by atoms with E-state index in [-0.39, 0.29) is 23.6 Å². The molecule has 0 N–H and O–H groups in total. The number of epoxide rings is 1. The summed E-state index contributed by atoms with van der Waals surface area (Å²) in [6, 6.07) is 10.5. The molecule has 0 aromatic heterocycles. The molecular weight excluding hydrogens is 228 g/mol. The summed E-state index contributed by atoms with van der Waals surface area (Å²) in [5, 5.41) is 0. The molecule has 2 aliphatic rings. The van der Waals surface area contributed by atoms with Crippen LogP contribution in [0.25, 0.3) is 0 Å². The van der Waals surface area contributed by atoms with Gasteiger partial charge in [0.2, 0.25) is 0 Å². The van der Waals surface area contributed by atoms with E-state index in [0.29, 0.717) is 0 Å². The Morgan fingerprint density at radius 3 is 2.56 bits per heavy atom. The summed E-state index contributed by atoms with van der Waals surface area (Å²) in [5.74, 6) is -0.234. The van der Waals surface area contributed by atoms with Crippen molar-refractivity contribution in [2.45, 2.75) is 43.3 Å². The van der Waals surface area contributed by atoms with E-state index < -0.39 is 0 Å². The third-order valence-corrected chi connectivity index (χ3v) is 4.31. The van der Waals surface area contributed by atoms with E-state index in [0.717, 1.165) is 12.8 Å². The fourth-order valence-corrected chi connectivity index (χ4v) is 3.34. The number of methoxy groups -OCH3 is 1. The van der Waals surface area contributed by atoms with Crippen LogP contribution in [0.1, 0.15) is 31.2 Å². The molecule has 3 heteroatoms. The van der Waals surface area contributed by atoms with Crippen LogP contribution in [-0.4, -0.2) is 25.3 Å². The average molecular weight is 246 g/mol. The highest BCUT2D eigenvalue weighted by atomic mass is 16.6. The molecule has 1 aromatic carbocycles. The third kappa shape index (κ3) is 1.74. The molecule has 3 rings (SSSR count). The number of hydrogen-bond acceptors (Lipinski definition) is 3. The predicted molar refractivity (Wildman–Crippen MR) is 67.3 cm³/mol. The largest absolute Gasteiger partial charge is 0.467 e. The van der Waals surface area contributed by atoms with Crippen LogP contribution in [0.15, 0.2) is 30.3 Å². The highest BCUT2D eigenvalue weighted by molar-refractivity contribution is 5.78. The van der Waals surface area contributed by atoms with Crippen molar-refractivity contribution in [1.29, 1.82) is 0 Å². The van der Waals surface area contributed by atoms with E-state index in [2.05, 4.69) is 24.3 Å². The van der Waals surface area contributed by atoms with E-state index in [1.165, 1.54) is 25.5 Å². The van der Waals surface area contributed by atoms with Crippen molar-refractivity contribution >= 4 is 5.97 Å². The molecule has 0 bridgehead atoms. The molecule has 1 aromatic rings. The van der Waals surface area contributed by atoms with Gasteiger partial charge in [-0.15, -0.1) is 0 Å². The molecule has 2 atom stereocenters. The van der Waals surface area contributed by atoms with Crippen molar-refractivity contribution in [3.8, 4) is 0 Å². The quantitative estimate of drug-likeness (QED) is 0.607. The minimum atomic E-state index is -0.353. The number of esters is 1. The van der Waals surface area contributed by atoms with Gasteiger partial charge in [-0.3, -0.25) is 0 Å². The molecule has 1 aliphatic carbocycles. The lowest BCUT2D eigenvalue weighted by atomic mass is 9.75. The SMILES string of the molecule is COC(=O)C1OC1C1(c2ccccc2)CCCC1. The molecule has 18 heavy (non-hydrogen) atoms. The van der Waals surface area contributed by atoms with Gasteiger partial charge in [-0.2, -0.15) is 0 Å². The van der Waals surface area contributed by atoms with Gasteiger partial charge >= 0.3 is 5.97 Å². The van der Waals surface area contributed by atoms with Gasteiger partial charge in [-0.25, -0.2) is 4.79 Å². The molecule has 1 aliphatic heterocycles. The maximum atomic E-state index is 11.6. The maximum Gasteiger partial charge on any atom is 0.337 e. The lowest BCUT2D eigenvalue weighted by Gasteiger charge is -2.27. The van der Waals surface area contributed by atoms with Gasteiger partial charge in [-0.05, 0) is 18.4 Å². The molecular formula is C15H18O3. The Morgan fingerprint density at radius 1 is 1.28 bits per heavy atom. The van der Waals surface area contributed by atoms with Gasteiger partial charge in [0.25, 0.3) is 0 Å². The molecule has 2 fully saturated rings. The first kappa shape index (κ1) is 11.7. The van der Waals surface area contributed by atoms with Crippen molar-refractivity contribution in [1.82, 2.24) is 0 Å². The van der Waals surface area contributed by atoms with Crippen LogP contribution in [0.3, 0.4) is 0 Å². The summed E-state index contributed by atoms with van der Waals surface area (Å²) in [7, 11) is 1.42. The Labute approximate surface area is 107 Å². The number of carbonyl (C=O) groups is 1. The van der Waals surface area contributed by atoms with E-state index in [9.17, 15) is 4.79 Å². The average Bonchev–Trinajstić information content (AvgIpc) is 3.09. The number of hydrogen-bond donors (Lipinski definition) is 0. The van der Waals surface area contributed by atoms with E-state index in [1.807, 2.05) is 6.07 Å². The van der Waals surface area contributed by atoms with Crippen LogP contribution in [0.4, 0.5) is 0 Å².